The number of fused-ring (bicyclic) bond motifs is 1. The van der Waals surface area contributed by atoms with Crippen LogP contribution in [0.15, 0.2) is 24.3 Å². The van der Waals surface area contributed by atoms with Gasteiger partial charge in [-0.1, -0.05) is 12.1 Å². The quantitative estimate of drug-likeness (QED) is 0.606. The van der Waals surface area contributed by atoms with Gasteiger partial charge in [-0.15, -0.1) is 0 Å². The molecule has 0 radical (unpaired) electrons. The van der Waals surface area contributed by atoms with E-state index in [1.165, 1.54) is 5.52 Å². The van der Waals surface area contributed by atoms with Crippen molar-refractivity contribution in [3.8, 4) is 0 Å². The maximum Gasteiger partial charge on any atom is 0.111 e. The molecule has 0 saturated carbocycles. The van der Waals surface area contributed by atoms with E-state index in [1.807, 2.05) is 12.1 Å². The third kappa shape index (κ3) is 3.61. The zero-order chi connectivity index (χ0) is 15.5. The molecule has 0 amide bonds. The number of nitrogens with zero attached hydrogens (tertiary/aromatic N) is 2. The van der Waals surface area contributed by atoms with Crippen LogP contribution in [0, 0.1) is 0 Å². The molecule has 5 heteroatoms. The van der Waals surface area contributed by atoms with Crippen LogP contribution < -0.4 is 11.3 Å². The Kier molecular flexibility index (Phi) is 4.98. The lowest BCUT2D eigenvalue weighted by molar-refractivity contribution is 0.00691. The molecule has 0 aliphatic heterocycles. The van der Waals surface area contributed by atoms with Crippen LogP contribution in [0.2, 0.25) is 0 Å². The molecule has 5 nitrogen and oxygen atoms in total. The predicted molar refractivity (Wildman–Crippen MR) is 85.9 cm³/mol. The number of imidazole rings is 1. The second-order valence-electron chi connectivity index (χ2n) is 6.00. The molecule has 2 aromatic rings. The van der Waals surface area contributed by atoms with Crippen molar-refractivity contribution in [2.45, 2.75) is 51.8 Å². The van der Waals surface area contributed by atoms with Gasteiger partial charge in [-0.3, -0.25) is 11.3 Å². The van der Waals surface area contributed by atoms with Crippen molar-refractivity contribution >= 4 is 11.0 Å². The van der Waals surface area contributed by atoms with Gasteiger partial charge in [0.2, 0.25) is 0 Å². The Hall–Kier alpha value is -1.43. The minimum Gasteiger partial charge on any atom is -0.379 e. The number of para-hydroxylation sites is 2. The second kappa shape index (κ2) is 6.56. The Balaban J connectivity index is 2.25. The van der Waals surface area contributed by atoms with Crippen LogP contribution in [0.1, 0.15) is 33.0 Å². The SMILES string of the molecule is CCn1c(CC(CC(C)(C)OC)NN)nc2ccccc21. The highest BCUT2D eigenvalue weighted by molar-refractivity contribution is 5.75. The fourth-order valence-electron chi connectivity index (χ4n) is 2.72. The summed E-state index contributed by atoms with van der Waals surface area (Å²) in [4.78, 5) is 4.75. The number of nitrogens with two attached hydrogens (primary N) is 1. The van der Waals surface area contributed by atoms with Gasteiger partial charge in [0.15, 0.2) is 0 Å². The van der Waals surface area contributed by atoms with Gasteiger partial charge in [0.05, 0.1) is 16.6 Å². The summed E-state index contributed by atoms with van der Waals surface area (Å²) in [5.41, 5.74) is 4.91. The van der Waals surface area contributed by atoms with Gasteiger partial charge in [-0.05, 0) is 39.3 Å². The van der Waals surface area contributed by atoms with Crippen LogP contribution >= 0.6 is 0 Å². The van der Waals surface area contributed by atoms with Crippen molar-refractivity contribution in [2.75, 3.05) is 7.11 Å². The summed E-state index contributed by atoms with van der Waals surface area (Å²) in [6.45, 7) is 7.18. The number of aromatic nitrogens is 2. The number of hydrogen-bond donors (Lipinski definition) is 2. The fraction of sp³-hybridized carbons (Fsp3) is 0.562. The average molecular weight is 290 g/mol. The Bertz CT molecular complexity index is 591. The molecule has 1 aromatic carbocycles. The normalized spacial score (nSPS) is 13.8. The molecule has 1 aromatic heterocycles. The van der Waals surface area contributed by atoms with E-state index < -0.39 is 0 Å². The van der Waals surface area contributed by atoms with E-state index in [2.05, 4.69) is 42.9 Å². The lowest BCUT2D eigenvalue weighted by Gasteiger charge is -2.28. The first-order valence-corrected chi connectivity index (χ1v) is 7.46. The standard InChI is InChI=1S/C16H26N4O/c1-5-20-14-9-7-6-8-13(14)18-15(20)10-12(19-17)11-16(2,3)21-4/h6-9,12,19H,5,10-11,17H2,1-4H3. The van der Waals surface area contributed by atoms with E-state index in [4.69, 9.17) is 15.6 Å². The van der Waals surface area contributed by atoms with Gasteiger partial charge in [-0.2, -0.15) is 0 Å². The highest BCUT2D eigenvalue weighted by Crippen LogP contribution is 2.21. The maximum absolute atomic E-state index is 5.73. The number of hydrogen-bond acceptors (Lipinski definition) is 4. The zero-order valence-corrected chi connectivity index (χ0v) is 13.4. The number of hydrazine groups is 1. The van der Waals surface area contributed by atoms with E-state index in [9.17, 15) is 0 Å². The highest BCUT2D eigenvalue weighted by atomic mass is 16.5. The van der Waals surface area contributed by atoms with E-state index in [1.54, 1.807) is 7.11 Å². The molecule has 0 spiro atoms. The maximum atomic E-state index is 5.73. The van der Waals surface area contributed by atoms with Gasteiger partial charge in [-0.25, -0.2) is 4.98 Å². The van der Waals surface area contributed by atoms with E-state index >= 15 is 0 Å². The third-order valence-corrected chi connectivity index (χ3v) is 4.01. The topological polar surface area (TPSA) is 65.1 Å². The summed E-state index contributed by atoms with van der Waals surface area (Å²) in [7, 11) is 1.73. The van der Waals surface area contributed by atoms with E-state index in [0.29, 0.717) is 0 Å². The number of methoxy groups -OCH3 is 1. The lowest BCUT2D eigenvalue weighted by atomic mass is 9.97. The Labute approximate surface area is 126 Å². The van der Waals surface area contributed by atoms with Crippen molar-refractivity contribution in [1.82, 2.24) is 15.0 Å². The fourth-order valence-corrected chi connectivity index (χ4v) is 2.72. The van der Waals surface area contributed by atoms with Gasteiger partial charge < -0.3 is 9.30 Å². The molecular formula is C16H26N4O. The van der Waals surface area contributed by atoms with Gasteiger partial charge >= 0.3 is 0 Å². The summed E-state index contributed by atoms with van der Waals surface area (Å²) in [5.74, 6) is 6.79. The zero-order valence-electron chi connectivity index (χ0n) is 13.4. The molecule has 2 rings (SSSR count). The molecule has 0 saturated heterocycles. The Morgan fingerprint density at radius 1 is 1.38 bits per heavy atom. The monoisotopic (exact) mass is 290 g/mol. The average Bonchev–Trinajstić information content (AvgIpc) is 2.83. The van der Waals surface area contributed by atoms with Gasteiger partial charge in [0, 0.05) is 26.1 Å². The molecule has 0 bridgehead atoms. The molecular weight excluding hydrogens is 264 g/mol. The predicted octanol–water partition coefficient (Wildman–Crippen LogP) is 2.25. The summed E-state index contributed by atoms with van der Waals surface area (Å²) < 4.78 is 7.75. The number of rotatable bonds is 7. The number of ether oxygens (including phenoxy) is 1. The first kappa shape index (κ1) is 15.9. The van der Waals surface area contributed by atoms with Gasteiger partial charge in [0.25, 0.3) is 0 Å². The minimum atomic E-state index is -0.208. The minimum absolute atomic E-state index is 0.127. The summed E-state index contributed by atoms with van der Waals surface area (Å²) in [6.07, 6.45) is 1.61. The highest BCUT2D eigenvalue weighted by Gasteiger charge is 2.24. The molecule has 1 heterocycles. The van der Waals surface area contributed by atoms with Crippen LogP contribution in [0.25, 0.3) is 11.0 Å². The molecule has 116 valence electrons. The van der Waals surface area contributed by atoms with Crippen molar-refractivity contribution < 1.29 is 4.74 Å². The molecule has 1 atom stereocenters. The molecule has 0 aliphatic rings. The lowest BCUT2D eigenvalue weighted by Crippen LogP contribution is -2.43. The molecule has 0 aliphatic carbocycles. The van der Waals surface area contributed by atoms with Crippen molar-refractivity contribution in [3.63, 3.8) is 0 Å². The summed E-state index contributed by atoms with van der Waals surface area (Å²) in [6, 6.07) is 8.36. The largest absolute Gasteiger partial charge is 0.379 e. The number of aryl methyl sites for hydroxylation is 1. The third-order valence-electron chi connectivity index (χ3n) is 4.01. The Morgan fingerprint density at radius 2 is 2.10 bits per heavy atom. The van der Waals surface area contributed by atoms with Gasteiger partial charge in [0.1, 0.15) is 5.82 Å². The number of nitrogens with one attached hydrogen (secondary N) is 1. The Morgan fingerprint density at radius 3 is 2.71 bits per heavy atom. The molecule has 1 unspecified atom stereocenters. The van der Waals surface area contributed by atoms with Crippen LogP contribution in [-0.4, -0.2) is 28.3 Å². The smallest absolute Gasteiger partial charge is 0.111 e. The van der Waals surface area contributed by atoms with Crippen LogP contribution in [-0.2, 0) is 17.7 Å². The van der Waals surface area contributed by atoms with E-state index in [-0.39, 0.29) is 11.6 Å². The van der Waals surface area contributed by atoms with Crippen LogP contribution in [0.5, 0.6) is 0 Å². The molecule has 21 heavy (non-hydrogen) atoms. The first-order valence-electron chi connectivity index (χ1n) is 7.46. The van der Waals surface area contributed by atoms with E-state index in [0.717, 1.165) is 30.7 Å². The first-order chi connectivity index (χ1) is 10.0. The van der Waals surface area contributed by atoms with Crippen molar-refractivity contribution in [3.05, 3.63) is 30.1 Å². The molecule has 0 fully saturated rings. The van der Waals surface area contributed by atoms with Crippen LogP contribution in [0.4, 0.5) is 0 Å². The second-order valence-corrected chi connectivity index (χ2v) is 6.00. The van der Waals surface area contributed by atoms with Crippen molar-refractivity contribution in [1.29, 1.82) is 0 Å². The summed E-state index contributed by atoms with van der Waals surface area (Å²) >= 11 is 0. The molecule has 3 N–H and O–H groups in total. The summed E-state index contributed by atoms with van der Waals surface area (Å²) in [5, 5.41) is 0. The van der Waals surface area contributed by atoms with Crippen molar-refractivity contribution in [2.24, 2.45) is 5.84 Å². The van der Waals surface area contributed by atoms with Crippen LogP contribution in [0.3, 0.4) is 0 Å². The number of benzene rings is 1.